The third-order valence-electron chi connectivity index (χ3n) is 4.29. The Bertz CT molecular complexity index is 786. The van der Waals surface area contributed by atoms with Gasteiger partial charge in [0.25, 0.3) is 10.0 Å². The van der Waals surface area contributed by atoms with Crippen LogP contribution >= 0.6 is 0 Å². The van der Waals surface area contributed by atoms with Crippen molar-refractivity contribution in [1.29, 1.82) is 0 Å². The molecule has 2 aromatic rings. The molecule has 0 amide bonds. The van der Waals surface area contributed by atoms with Crippen LogP contribution in [0.4, 0.5) is 0 Å². The number of imidazole rings is 1. The molecule has 0 unspecified atom stereocenters. The van der Waals surface area contributed by atoms with Crippen molar-refractivity contribution in [3.8, 4) is 0 Å². The van der Waals surface area contributed by atoms with Gasteiger partial charge < -0.3 is 9.30 Å². The lowest BCUT2D eigenvalue weighted by atomic mass is 10.1. The maximum absolute atomic E-state index is 13.0. The van der Waals surface area contributed by atoms with Crippen molar-refractivity contribution in [3.63, 3.8) is 0 Å². The van der Waals surface area contributed by atoms with Gasteiger partial charge in [0.05, 0.1) is 19.0 Å². The van der Waals surface area contributed by atoms with Crippen molar-refractivity contribution in [2.75, 3.05) is 13.2 Å². The van der Waals surface area contributed by atoms with Crippen molar-refractivity contribution in [2.45, 2.75) is 44.0 Å². The van der Waals surface area contributed by atoms with Crippen LogP contribution < -0.4 is 0 Å². The lowest BCUT2D eigenvalue weighted by Gasteiger charge is -2.36. The van der Waals surface area contributed by atoms with E-state index in [1.165, 1.54) is 4.31 Å². The molecule has 0 aliphatic carbocycles. The zero-order valence-electron chi connectivity index (χ0n) is 14.2. The van der Waals surface area contributed by atoms with Gasteiger partial charge in [-0.05, 0) is 26.3 Å². The van der Waals surface area contributed by atoms with Crippen LogP contribution in [0.15, 0.2) is 47.9 Å². The third kappa shape index (κ3) is 3.24. The first-order valence-electron chi connectivity index (χ1n) is 8.11. The average Bonchev–Trinajstić information content (AvgIpc) is 3.07. The van der Waals surface area contributed by atoms with Crippen LogP contribution in [0.25, 0.3) is 0 Å². The fourth-order valence-corrected chi connectivity index (χ4v) is 4.33. The molecule has 2 heterocycles. The predicted molar refractivity (Wildman–Crippen MR) is 91.1 cm³/mol. The number of rotatable bonds is 4. The highest BCUT2D eigenvalue weighted by Gasteiger charge is 2.37. The number of hydrogen-bond donors (Lipinski definition) is 0. The van der Waals surface area contributed by atoms with E-state index >= 15 is 0 Å². The largest absolute Gasteiger partial charge is 0.370 e. The molecule has 0 bridgehead atoms. The van der Waals surface area contributed by atoms with E-state index in [0.717, 1.165) is 5.56 Å². The predicted octanol–water partition coefficient (Wildman–Crippen LogP) is 2.61. The molecular weight excluding hydrogens is 326 g/mol. The number of benzene rings is 1. The van der Waals surface area contributed by atoms with Gasteiger partial charge in [0, 0.05) is 24.8 Å². The summed E-state index contributed by atoms with van der Waals surface area (Å²) in [6.45, 7) is 6.49. The lowest BCUT2D eigenvalue weighted by Crippen LogP contribution is -2.48. The highest BCUT2D eigenvalue weighted by atomic mass is 32.2. The Morgan fingerprint density at radius 3 is 2.58 bits per heavy atom. The van der Waals surface area contributed by atoms with E-state index in [2.05, 4.69) is 4.98 Å². The molecule has 1 aliphatic rings. The molecule has 0 radical (unpaired) electrons. The summed E-state index contributed by atoms with van der Waals surface area (Å²) in [6.07, 6.45) is 2.90. The van der Waals surface area contributed by atoms with E-state index in [9.17, 15) is 8.42 Å². The molecule has 2 atom stereocenters. The van der Waals surface area contributed by atoms with Crippen LogP contribution in [-0.4, -0.2) is 41.5 Å². The van der Waals surface area contributed by atoms with Gasteiger partial charge >= 0.3 is 0 Å². The molecule has 130 valence electrons. The number of morpholine rings is 1. The molecule has 6 nitrogen and oxygen atoms in total. The number of hydrogen-bond acceptors (Lipinski definition) is 4. The normalized spacial score (nSPS) is 22.8. The Morgan fingerprint density at radius 2 is 1.96 bits per heavy atom. The summed E-state index contributed by atoms with van der Waals surface area (Å²) in [5, 5.41) is 0.0942. The van der Waals surface area contributed by atoms with Crippen LogP contribution in [0.3, 0.4) is 0 Å². The molecular formula is C17H23N3O3S. The molecule has 1 saturated heterocycles. The van der Waals surface area contributed by atoms with E-state index in [1.807, 2.05) is 51.1 Å². The number of aromatic nitrogens is 2. The summed E-state index contributed by atoms with van der Waals surface area (Å²) in [7, 11) is -3.64. The molecule has 0 N–H and O–H groups in total. The second kappa shape index (κ2) is 6.66. The van der Waals surface area contributed by atoms with Gasteiger partial charge in [-0.2, -0.15) is 4.31 Å². The van der Waals surface area contributed by atoms with Crippen molar-refractivity contribution in [1.82, 2.24) is 13.9 Å². The second-order valence-electron chi connectivity index (χ2n) is 6.41. The summed E-state index contributed by atoms with van der Waals surface area (Å²) >= 11 is 0. The van der Waals surface area contributed by atoms with Gasteiger partial charge in [0.15, 0.2) is 5.03 Å². The van der Waals surface area contributed by atoms with Crippen LogP contribution in [0.1, 0.15) is 38.5 Å². The van der Waals surface area contributed by atoms with E-state index in [1.54, 1.807) is 17.1 Å². The molecule has 3 rings (SSSR count). The smallest absolute Gasteiger partial charge is 0.262 e. The molecule has 0 spiro atoms. The summed E-state index contributed by atoms with van der Waals surface area (Å²) in [4.78, 5) is 4.11. The Kier molecular flexibility index (Phi) is 4.76. The standard InChI is InChI=1S/C17H23N3O3S/c1-13(2)19-10-17(18-12-19)24(21,22)20-9-16(23-11-14(20)3)15-7-5-4-6-8-15/h4-8,10,12-14,16H,9,11H2,1-3H3/t14-,16+/m1/s1. The maximum Gasteiger partial charge on any atom is 0.262 e. The van der Waals surface area contributed by atoms with E-state index in [4.69, 9.17) is 4.74 Å². The Morgan fingerprint density at radius 1 is 1.25 bits per heavy atom. The number of ether oxygens (including phenoxy) is 1. The number of sulfonamides is 1. The van der Waals surface area contributed by atoms with Crippen molar-refractivity contribution >= 4 is 10.0 Å². The first kappa shape index (κ1) is 17.1. The quantitative estimate of drug-likeness (QED) is 0.851. The van der Waals surface area contributed by atoms with Crippen molar-refractivity contribution in [2.24, 2.45) is 0 Å². The molecule has 1 aliphatic heterocycles. The maximum atomic E-state index is 13.0. The first-order chi connectivity index (χ1) is 11.4. The van der Waals surface area contributed by atoms with Gasteiger partial charge in [-0.25, -0.2) is 13.4 Å². The fourth-order valence-electron chi connectivity index (χ4n) is 2.79. The second-order valence-corrected chi connectivity index (χ2v) is 8.25. The number of nitrogens with zero attached hydrogens (tertiary/aromatic N) is 3. The minimum Gasteiger partial charge on any atom is -0.370 e. The van der Waals surface area contributed by atoms with Gasteiger partial charge in [0.1, 0.15) is 0 Å². The fraction of sp³-hybridized carbons (Fsp3) is 0.471. The third-order valence-corrected chi connectivity index (χ3v) is 6.16. The minimum atomic E-state index is -3.64. The summed E-state index contributed by atoms with van der Waals surface area (Å²) in [5.74, 6) is 0. The lowest BCUT2D eigenvalue weighted by molar-refractivity contribution is -0.0289. The molecule has 1 fully saturated rings. The van der Waals surface area contributed by atoms with Gasteiger partial charge in [0.2, 0.25) is 0 Å². The average molecular weight is 349 g/mol. The van der Waals surface area contributed by atoms with Crippen LogP contribution in [0.5, 0.6) is 0 Å². The Labute approximate surface area is 143 Å². The first-order valence-corrected chi connectivity index (χ1v) is 9.55. The Balaban J connectivity index is 1.87. The Hall–Kier alpha value is -1.70. The van der Waals surface area contributed by atoms with E-state index < -0.39 is 10.0 Å². The van der Waals surface area contributed by atoms with Gasteiger partial charge in [-0.3, -0.25) is 0 Å². The minimum absolute atomic E-state index is 0.0942. The summed E-state index contributed by atoms with van der Waals surface area (Å²) in [5.41, 5.74) is 0.984. The van der Waals surface area contributed by atoms with Crippen LogP contribution in [0.2, 0.25) is 0 Å². The van der Waals surface area contributed by atoms with Crippen LogP contribution in [0, 0.1) is 0 Å². The molecule has 1 aromatic heterocycles. The van der Waals surface area contributed by atoms with Crippen molar-refractivity contribution in [3.05, 3.63) is 48.4 Å². The van der Waals surface area contributed by atoms with Gasteiger partial charge in [-0.15, -0.1) is 0 Å². The molecule has 1 aromatic carbocycles. The van der Waals surface area contributed by atoms with Crippen LogP contribution in [-0.2, 0) is 14.8 Å². The topological polar surface area (TPSA) is 64.4 Å². The monoisotopic (exact) mass is 349 g/mol. The summed E-state index contributed by atoms with van der Waals surface area (Å²) in [6, 6.07) is 9.65. The SMILES string of the molecule is CC(C)n1cnc(S(=O)(=O)N2C[C@@H](c3ccccc3)OC[C@H]2C)c1. The highest BCUT2D eigenvalue weighted by Crippen LogP contribution is 2.29. The zero-order chi connectivity index (χ0) is 17.3. The zero-order valence-corrected chi connectivity index (χ0v) is 15.0. The highest BCUT2D eigenvalue weighted by molar-refractivity contribution is 7.89. The molecule has 24 heavy (non-hydrogen) atoms. The van der Waals surface area contributed by atoms with E-state index in [0.29, 0.717) is 13.2 Å². The molecule has 7 heteroatoms. The summed E-state index contributed by atoms with van der Waals surface area (Å²) < 4.78 is 35.2. The van der Waals surface area contributed by atoms with E-state index in [-0.39, 0.29) is 23.2 Å². The molecule has 0 saturated carbocycles. The van der Waals surface area contributed by atoms with Crippen molar-refractivity contribution < 1.29 is 13.2 Å². The van der Waals surface area contributed by atoms with Gasteiger partial charge in [-0.1, -0.05) is 30.3 Å².